The van der Waals surface area contributed by atoms with Crippen molar-refractivity contribution in [2.45, 2.75) is 129 Å². The minimum absolute atomic E-state index is 0.341. The summed E-state index contributed by atoms with van der Waals surface area (Å²) in [5.74, 6) is 0.453. The van der Waals surface area contributed by atoms with Crippen LogP contribution in [0.2, 0.25) is 0 Å². The van der Waals surface area contributed by atoms with Gasteiger partial charge in [-0.05, 0) is 30.0 Å². The van der Waals surface area contributed by atoms with E-state index in [0.717, 1.165) is 25.0 Å². The first-order valence-electron chi connectivity index (χ1n) is 12.7. The van der Waals surface area contributed by atoms with Gasteiger partial charge in [-0.25, -0.2) is 0 Å². The maximum absolute atomic E-state index is 10.1. The summed E-state index contributed by atoms with van der Waals surface area (Å²) in [6.07, 6.45) is 24.8. The first-order valence-corrected chi connectivity index (χ1v) is 12.7. The molecule has 1 N–H and O–H groups in total. The molecule has 166 valence electrons. The maximum atomic E-state index is 10.1. The smallest absolute Gasteiger partial charge is 0.119 e. The highest BCUT2D eigenvalue weighted by molar-refractivity contribution is 5.40. The van der Waals surface area contributed by atoms with E-state index in [0.29, 0.717) is 11.9 Å². The van der Waals surface area contributed by atoms with E-state index in [1.807, 2.05) is 12.1 Å². The molecule has 0 aliphatic carbocycles. The fourth-order valence-corrected chi connectivity index (χ4v) is 4.37. The molecule has 1 aliphatic rings. The number of aromatic hydroxyl groups is 1. The Kier molecular flexibility index (Phi) is 13.2. The molecule has 0 amide bonds. The highest BCUT2D eigenvalue weighted by Crippen LogP contribution is 2.28. The molecule has 1 aliphatic heterocycles. The maximum Gasteiger partial charge on any atom is 0.119 e. The molecule has 1 aromatic rings. The molecule has 2 nitrogen and oxygen atoms in total. The van der Waals surface area contributed by atoms with Crippen molar-refractivity contribution in [3.63, 3.8) is 0 Å². The van der Waals surface area contributed by atoms with Gasteiger partial charge in [-0.1, -0.05) is 115 Å². The molecule has 2 heteroatoms. The molecule has 29 heavy (non-hydrogen) atoms. The number of hydrogen-bond donors (Lipinski definition) is 1. The minimum Gasteiger partial charge on any atom is -0.508 e. The number of hydrogen-bond acceptors (Lipinski definition) is 2. The fraction of sp³-hybridized carbons (Fsp3) is 0.778. The van der Waals surface area contributed by atoms with E-state index in [1.165, 1.54) is 108 Å². The molecule has 1 saturated heterocycles. The summed E-state index contributed by atoms with van der Waals surface area (Å²) >= 11 is 0. The Labute approximate surface area is 180 Å². The summed E-state index contributed by atoms with van der Waals surface area (Å²) in [6.45, 7) is 3.14. The van der Waals surface area contributed by atoms with E-state index in [9.17, 15) is 5.11 Å². The van der Waals surface area contributed by atoms with Gasteiger partial charge in [0.15, 0.2) is 0 Å². The van der Waals surface area contributed by atoms with Crippen molar-refractivity contribution in [3.05, 3.63) is 29.3 Å². The van der Waals surface area contributed by atoms with Crippen LogP contribution in [0.5, 0.6) is 5.75 Å². The first-order chi connectivity index (χ1) is 14.3. The predicted molar refractivity (Wildman–Crippen MR) is 125 cm³/mol. The van der Waals surface area contributed by atoms with Crippen LogP contribution in [0.15, 0.2) is 18.2 Å². The number of aryl methyl sites for hydroxylation is 1. The molecule has 1 atom stereocenters. The van der Waals surface area contributed by atoms with Crippen molar-refractivity contribution >= 4 is 0 Å². The second kappa shape index (κ2) is 15.8. The van der Waals surface area contributed by atoms with Gasteiger partial charge >= 0.3 is 0 Å². The van der Waals surface area contributed by atoms with Gasteiger partial charge in [0.05, 0.1) is 12.7 Å². The molecule has 0 spiro atoms. The zero-order valence-corrected chi connectivity index (χ0v) is 19.1. The molecule has 1 fully saturated rings. The molecule has 1 heterocycles. The van der Waals surface area contributed by atoms with Crippen LogP contribution in [0.4, 0.5) is 0 Å². The number of phenols is 1. The van der Waals surface area contributed by atoms with E-state index in [-0.39, 0.29) is 0 Å². The number of epoxide rings is 1. The standard InChI is InChI=1S/C27H46O2/c1-2-3-4-5-6-7-8-9-10-11-12-13-14-15-16-17-19-24-20-18-21-27(28)26(24)22-25-23-29-25/h18,20-21,25,28H,2-17,19,22-23H2,1H3. The number of rotatable bonds is 19. The van der Waals surface area contributed by atoms with Gasteiger partial charge in [0, 0.05) is 6.42 Å². The van der Waals surface area contributed by atoms with Crippen LogP contribution < -0.4 is 0 Å². The zero-order valence-electron chi connectivity index (χ0n) is 19.1. The monoisotopic (exact) mass is 402 g/mol. The van der Waals surface area contributed by atoms with Crippen LogP contribution in [0.3, 0.4) is 0 Å². The Bertz CT molecular complexity index is 521. The summed E-state index contributed by atoms with van der Waals surface area (Å²) in [7, 11) is 0. The first kappa shape index (κ1) is 24.3. The Morgan fingerprint density at radius 1 is 0.759 bits per heavy atom. The third-order valence-corrected chi connectivity index (χ3v) is 6.38. The quantitative estimate of drug-likeness (QED) is 0.187. The van der Waals surface area contributed by atoms with E-state index in [2.05, 4.69) is 13.0 Å². The predicted octanol–water partition coefficient (Wildman–Crippen LogP) is 8.14. The van der Waals surface area contributed by atoms with Crippen molar-refractivity contribution < 1.29 is 9.84 Å². The van der Waals surface area contributed by atoms with Crippen molar-refractivity contribution in [1.82, 2.24) is 0 Å². The number of unbranched alkanes of at least 4 members (excludes halogenated alkanes) is 15. The molecule has 0 aromatic heterocycles. The third-order valence-electron chi connectivity index (χ3n) is 6.38. The lowest BCUT2D eigenvalue weighted by Gasteiger charge is -2.10. The Hall–Kier alpha value is -1.02. The Balaban J connectivity index is 1.37. The zero-order chi connectivity index (χ0) is 20.6. The van der Waals surface area contributed by atoms with E-state index in [4.69, 9.17) is 4.74 Å². The fourth-order valence-electron chi connectivity index (χ4n) is 4.37. The summed E-state index contributed by atoms with van der Waals surface area (Å²) in [5, 5.41) is 10.1. The second-order valence-electron chi connectivity index (χ2n) is 9.13. The van der Waals surface area contributed by atoms with Gasteiger partial charge in [0.25, 0.3) is 0 Å². The van der Waals surface area contributed by atoms with Gasteiger partial charge in [0.2, 0.25) is 0 Å². The van der Waals surface area contributed by atoms with Crippen molar-refractivity contribution in [3.8, 4) is 5.75 Å². The summed E-state index contributed by atoms with van der Waals surface area (Å²) in [5.41, 5.74) is 2.45. The lowest BCUT2D eigenvalue weighted by Crippen LogP contribution is -2.00. The number of ether oxygens (including phenoxy) is 1. The molecule has 2 rings (SSSR count). The molecule has 1 unspecified atom stereocenters. The molecule has 0 bridgehead atoms. The molecule has 1 aromatic carbocycles. The molecule has 0 radical (unpaired) electrons. The van der Waals surface area contributed by atoms with Gasteiger partial charge in [0.1, 0.15) is 5.75 Å². The third kappa shape index (κ3) is 11.7. The lowest BCUT2D eigenvalue weighted by atomic mass is 9.96. The second-order valence-corrected chi connectivity index (χ2v) is 9.13. The molecule has 0 saturated carbocycles. The largest absolute Gasteiger partial charge is 0.508 e. The minimum atomic E-state index is 0.341. The topological polar surface area (TPSA) is 32.8 Å². The van der Waals surface area contributed by atoms with Crippen LogP contribution in [0.25, 0.3) is 0 Å². The van der Waals surface area contributed by atoms with Crippen LogP contribution in [-0.4, -0.2) is 17.8 Å². The average molecular weight is 403 g/mol. The summed E-state index contributed by atoms with van der Waals surface area (Å²) in [6, 6.07) is 5.98. The van der Waals surface area contributed by atoms with Crippen molar-refractivity contribution in [2.75, 3.05) is 6.61 Å². The number of phenolic OH excluding ortho intramolecular Hbond substituents is 1. The summed E-state index contributed by atoms with van der Waals surface area (Å²) in [4.78, 5) is 0. The normalized spacial score (nSPS) is 15.7. The van der Waals surface area contributed by atoms with E-state index < -0.39 is 0 Å². The Morgan fingerprint density at radius 3 is 1.72 bits per heavy atom. The van der Waals surface area contributed by atoms with Gasteiger partial charge < -0.3 is 9.84 Å². The number of benzene rings is 1. The van der Waals surface area contributed by atoms with Crippen LogP contribution >= 0.6 is 0 Å². The lowest BCUT2D eigenvalue weighted by molar-refractivity contribution is 0.401. The SMILES string of the molecule is CCCCCCCCCCCCCCCCCCc1cccc(O)c1CC1CO1. The van der Waals surface area contributed by atoms with Crippen LogP contribution in [0.1, 0.15) is 121 Å². The van der Waals surface area contributed by atoms with Crippen molar-refractivity contribution in [1.29, 1.82) is 0 Å². The van der Waals surface area contributed by atoms with Crippen molar-refractivity contribution in [2.24, 2.45) is 0 Å². The van der Waals surface area contributed by atoms with Gasteiger partial charge in [-0.15, -0.1) is 0 Å². The van der Waals surface area contributed by atoms with E-state index in [1.54, 1.807) is 0 Å². The molecular weight excluding hydrogens is 356 g/mol. The highest BCUT2D eigenvalue weighted by Gasteiger charge is 2.25. The van der Waals surface area contributed by atoms with Gasteiger partial charge in [-0.3, -0.25) is 0 Å². The summed E-state index contributed by atoms with van der Waals surface area (Å²) < 4.78 is 5.35. The van der Waals surface area contributed by atoms with Gasteiger partial charge in [-0.2, -0.15) is 0 Å². The van der Waals surface area contributed by atoms with Crippen LogP contribution in [0, 0.1) is 0 Å². The average Bonchev–Trinajstić information content (AvgIpc) is 3.54. The van der Waals surface area contributed by atoms with E-state index >= 15 is 0 Å². The highest BCUT2D eigenvalue weighted by atomic mass is 16.6. The molecular formula is C27H46O2. The Morgan fingerprint density at radius 2 is 1.24 bits per heavy atom. The van der Waals surface area contributed by atoms with Crippen LogP contribution in [-0.2, 0) is 17.6 Å².